The number of carbonyl (C=O) groups excluding carboxylic acids is 1. The Morgan fingerprint density at radius 3 is 2.27 bits per heavy atom. The molecule has 3 aromatic rings. The lowest BCUT2D eigenvalue weighted by atomic mass is 9.92. The zero-order chi connectivity index (χ0) is 22.1. The van der Waals surface area contributed by atoms with Crippen molar-refractivity contribution >= 4 is 33.2 Å². The Morgan fingerprint density at radius 1 is 1.10 bits per heavy atom. The van der Waals surface area contributed by atoms with Gasteiger partial charge in [0.25, 0.3) is 0 Å². The second-order valence-corrected chi connectivity index (χ2v) is 10.2. The van der Waals surface area contributed by atoms with Gasteiger partial charge in [0.1, 0.15) is 17.4 Å². The quantitative estimate of drug-likeness (QED) is 0.627. The van der Waals surface area contributed by atoms with Gasteiger partial charge in [0.05, 0.1) is 16.3 Å². The third-order valence-electron chi connectivity index (χ3n) is 4.31. The van der Waals surface area contributed by atoms with Crippen molar-refractivity contribution in [2.45, 2.75) is 31.1 Å². The molecule has 0 aliphatic heterocycles. The molecule has 9 heteroatoms. The number of nitrogens with one attached hydrogen (secondary N) is 1. The van der Waals surface area contributed by atoms with Crippen LogP contribution in [0.3, 0.4) is 0 Å². The molecule has 2 aromatic carbocycles. The fourth-order valence-corrected chi connectivity index (χ4v) is 3.95. The molecule has 0 radical (unpaired) electrons. The van der Waals surface area contributed by atoms with Crippen LogP contribution in [-0.2, 0) is 20.0 Å². The van der Waals surface area contributed by atoms with Crippen LogP contribution in [0.5, 0.6) is 0 Å². The van der Waals surface area contributed by atoms with Crippen LogP contribution < -0.4 is 5.32 Å². The first-order chi connectivity index (χ1) is 14.0. The molecule has 6 nitrogen and oxygen atoms in total. The molecule has 1 aromatic heterocycles. The lowest BCUT2D eigenvalue weighted by Gasteiger charge is -2.14. The minimum Gasteiger partial charge on any atom is -0.310 e. The smallest absolute Gasteiger partial charge is 0.241 e. The van der Waals surface area contributed by atoms with Crippen LogP contribution in [0.4, 0.5) is 10.2 Å². The van der Waals surface area contributed by atoms with Gasteiger partial charge in [-0.2, -0.15) is 5.10 Å². The number of halogens is 2. The molecule has 1 heterocycles. The van der Waals surface area contributed by atoms with Crippen molar-refractivity contribution in [2.75, 3.05) is 11.1 Å². The number of benzene rings is 2. The number of rotatable bonds is 5. The maximum Gasteiger partial charge on any atom is 0.241 e. The van der Waals surface area contributed by atoms with Gasteiger partial charge in [-0.25, -0.2) is 17.5 Å². The highest BCUT2D eigenvalue weighted by Gasteiger charge is 2.24. The first kappa shape index (κ1) is 22.0. The Balaban J connectivity index is 1.89. The van der Waals surface area contributed by atoms with Gasteiger partial charge in [-0.1, -0.05) is 32.4 Å². The lowest BCUT2D eigenvalue weighted by molar-refractivity contribution is -0.113. The molecular weight excluding hydrogens is 429 g/mol. The van der Waals surface area contributed by atoms with Gasteiger partial charge in [0.15, 0.2) is 9.84 Å². The summed E-state index contributed by atoms with van der Waals surface area (Å²) in [6, 6.07) is 12.9. The maximum atomic E-state index is 13.3. The van der Waals surface area contributed by atoms with Gasteiger partial charge < -0.3 is 5.32 Å². The second kappa shape index (κ2) is 8.20. The van der Waals surface area contributed by atoms with E-state index in [4.69, 9.17) is 11.6 Å². The predicted molar refractivity (Wildman–Crippen MR) is 114 cm³/mol. The molecule has 0 fully saturated rings. The monoisotopic (exact) mass is 449 g/mol. The lowest BCUT2D eigenvalue weighted by Crippen LogP contribution is -2.24. The van der Waals surface area contributed by atoms with Crippen LogP contribution in [0.15, 0.2) is 59.5 Å². The van der Waals surface area contributed by atoms with E-state index in [2.05, 4.69) is 10.4 Å². The standard InChI is InChI=1S/C21H21ClFN3O3S/c1-21(2,3)18-12-19(26(25-18)16-8-6-15(23)7-9-16)24-20(27)13-30(28,29)17-10-4-14(22)5-11-17/h4-12H,13H2,1-3H3,(H,24,27). The summed E-state index contributed by atoms with van der Waals surface area (Å²) in [5.74, 6) is -1.56. The fraction of sp³-hybridized carbons (Fsp3) is 0.238. The number of anilines is 1. The minimum atomic E-state index is -3.85. The van der Waals surface area contributed by atoms with Gasteiger partial charge >= 0.3 is 0 Å². The molecule has 0 aliphatic rings. The van der Waals surface area contributed by atoms with E-state index in [1.807, 2.05) is 20.8 Å². The van der Waals surface area contributed by atoms with Crippen LogP contribution in [0.2, 0.25) is 5.02 Å². The Labute approximate surface area is 179 Å². The third kappa shape index (κ3) is 5.06. The highest BCUT2D eigenvalue weighted by Crippen LogP contribution is 2.26. The molecule has 3 rings (SSSR count). The molecule has 0 saturated carbocycles. The van der Waals surface area contributed by atoms with Crippen molar-refractivity contribution in [3.05, 3.63) is 71.1 Å². The van der Waals surface area contributed by atoms with E-state index >= 15 is 0 Å². The molecule has 0 atom stereocenters. The SMILES string of the molecule is CC(C)(C)c1cc(NC(=O)CS(=O)(=O)c2ccc(Cl)cc2)n(-c2ccc(F)cc2)n1. The molecule has 0 bridgehead atoms. The van der Waals surface area contributed by atoms with E-state index in [1.165, 1.54) is 53.2 Å². The van der Waals surface area contributed by atoms with Crippen LogP contribution >= 0.6 is 11.6 Å². The highest BCUT2D eigenvalue weighted by atomic mass is 35.5. The number of carbonyl (C=O) groups is 1. The molecule has 0 spiro atoms. The van der Waals surface area contributed by atoms with Gasteiger partial charge in [0, 0.05) is 16.5 Å². The molecule has 1 N–H and O–H groups in total. The zero-order valence-corrected chi connectivity index (χ0v) is 18.3. The number of nitrogens with zero attached hydrogens (tertiary/aromatic N) is 2. The first-order valence-corrected chi connectivity index (χ1v) is 11.1. The number of hydrogen-bond acceptors (Lipinski definition) is 4. The summed E-state index contributed by atoms with van der Waals surface area (Å²) in [4.78, 5) is 12.6. The van der Waals surface area contributed by atoms with E-state index in [0.29, 0.717) is 22.2 Å². The number of hydrogen-bond donors (Lipinski definition) is 1. The van der Waals surface area contributed by atoms with Gasteiger partial charge in [-0.05, 0) is 48.5 Å². The van der Waals surface area contributed by atoms with Crippen molar-refractivity contribution < 1.29 is 17.6 Å². The molecule has 1 amide bonds. The highest BCUT2D eigenvalue weighted by molar-refractivity contribution is 7.92. The molecule has 30 heavy (non-hydrogen) atoms. The largest absolute Gasteiger partial charge is 0.310 e. The molecule has 158 valence electrons. The maximum absolute atomic E-state index is 13.3. The van der Waals surface area contributed by atoms with Crippen molar-refractivity contribution in [3.63, 3.8) is 0 Å². The molecule has 0 unspecified atom stereocenters. The number of sulfone groups is 1. The van der Waals surface area contributed by atoms with Crippen molar-refractivity contribution in [2.24, 2.45) is 0 Å². The van der Waals surface area contributed by atoms with Gasteiger partial charge in [-0.15, -0.1) is 0 Å². The summed E-state index contributed by atoms with van der Waals surface area (Å²) in [7, 11) is -3.85. The summed E-state index contributed by atoms with van der Waals surface area (Å²) in [6.45, 7) is 5.88. The first-order valence-electron chi connectivity index (χ1n) is 9.10. The minimum absolute atomic E-state index is 0.00414. The molecule has 0 saturated heterocycles. The second-order valence-electron chi connectivity index (χ2n) is 7.81. The Morgan fingerprint density at radius 2 is 1.70 bits per heavy atom. The zero-order valence-electron chi connectivity index (χ0n) is 16.7. The summed E-state index contributed by atoms with van der Waals surface area (Å²) in [6.07, 6.45) is 0. The summed E-state index contributed by atoms with van der Waals surface area (Å²) >= 11 is 5.79. The topological polar surface area (TPSA) is 81.1 Å². The number of aromatic nitrogens is 2. The number of amides is 1. The Hall–Kier alpha value is -2.71. The van der Waals surface area contributed by atoms with Crippen molar-refractivity contribution in [3.8, 4) is 5.69 Å². The molecular formula is C21H21ClFN3O3S. The van der Waals surface area contributed by atoms with Gasteiger partial charge in [0.2, 0.25) is 5.91 Å². The van der Waals surface area contributed by atoms with Crippen LogP contribution in [0.1, 0.15) is 26.5 Å². The van der Waals surface area contributed by atoms with E-state index in [1.54, 1.807) is 6.07 Å². The summed E-state index contributed by atoms with van der Waals surface area (Å²) in [5, 5.41) is 7.53. The van der Waals surface area contributed by atoms with Gasteiger partial charge in [-0.3, -0.25) is 4.79 Å². The van der Waals surface area contributed by atoms with E-state index in [-0.39, 0.29) is 10.3 Å². The van der Waals surface area contributed by atoms with Crippen LogP contribution in [0.25, 0.3) is 5.69 Å². The van der Waals surface area contributed by atoms with Crippen molar-refractivity contribution in [1.82, 2.24) is 9.78 Å². The summed E-state index contributed by atoms with van der Waals surface area (Å²) in [5.41, 5.74) is 0.894. The normalized spacial score (nSPS) is 12.0. The van der Waals surface area contributed by atoms with E-state index < -0.39 is 27.3 Å². The average molecular weight is 450 g/mol. The Kier molecular flexibility index (Phi) is 6.01. The van der Waals surface area contributed by atoms with Crippen molar-refractivity contribution in [1.29, 1.82) is 0 Å². The predicted octanol–water partition coefficient (Wildman–Crippen LogP) is 4.37. The van der Waals surface area contributed by atoms with Crippen LogP contribution in [0, 0.1) is 5.82 Å². The third-order valence-corrected chi connectivity index (χ3v) is 6.19. The average Bonchev–Trinajstić information content (AvgIpc) is 3.06. The Bertz CT molecular complexity index is 1170. The fourth-order valence-electron chi connectivity index (χ4n) is 2.69. The van der Waals surface area contributed by atoms with E-state index in [9.17, 15) is 17.6 Å². The molecule has 0 aliphatic carbocycles. The van der Waals surface area contributed by atoms with Crippen LogP contribution in [-0.4, -0.2) is 29.9 Å². The summed E-state index contributed by atoms with van der Waals surface area (Å²) < 4.78 is 39.8. The van der Waals surface area contributed by atoms with E-state index in [0.717, 1.165) is 0 Å².